The smallest absolute Gasteiger partial charge is 0.334 e. The molecule has 5 heteroatoms. The number of carbonyl (C=O) groups excluding carboxylic acids is 1. The molecule has 1 saturated heterocycles. The SMILES string of the molecule is C[C@@H]1CN(C(=O)Cc2ccc(-c3ccccc3)cc2)CC(C(=O)O)O1. The maximum Gasteiger partial charge on any atom is 0.334 e. The quantitative estimate of drug-likeness (QED) is 0.930. The van der Waals surface area contributed by atoms with Crippen LogP contribution in [0, 0.1) is 0 Å². The summed E-state index contributed by atoms with van der Waals surface area (Å²) >= 11 is 0. The van der Waals surface area contributed by atoms with Crippen molar-refractivity contribution in [2.75, 3.05) is 13.1 Å². The summed E-state index contributed by atoms with van der Waals surface area (Å²) in [6.07, 6.45) is -0.971. The zero-order valence-electron chi connectivity index (χ0n) is 14.1. The van der Waals surface area contributed by atoms with Crippen molar-refractivity contribution >= 4 is 11.9 Å². The third-order valence-electron chi connectivity index (χ3n) is 4.30. The number of carboxylic acids is 1. The summed E-state index contributed by atoms with van der Waals surface area (Å²) in [6.45, 7) is 2.30. The molecule has 3 rings (SSSR count). The molecule has 1 amide bonds. The van der Waals surface area contributed by atoms with Gasteiger partial charge in [-0.2, -0.15) is 0 Å². The summed E-state index contributed by atoms with van der Waals surface area (Å²) in [5.74, 6) is -1.11. The predicted molar refractivity (Wildman–Crippen MR) is 94.1 cm³/mol. The number of benzene rings is 2. The predicted octanol–water partition coefficient (Wildman–Crippen LogP) is 2.60. The van der Waals surface area contributed by atoms with Crippen LogP contribution in [0.2, 0.25) is 0 Å². The van der Waals surface area contributed by atoms with Gasteiger partial charge < -0.3 is 14.7 Å². The van der Waals surface area contributed by atoms with E-state index >= 15 is 0 Å². The standard InChI is InChI=1S/C20H21NO4/c1-14-12-21(13-18(25-14)20(23)24)19(22)11-15-7-9-17(10-8-15)16-5-3-2-4-6-16/h2-10,14,18H,11-13H2,1H3,(H,23,24)/t14-,18?/m1/s1. The van der Waals surface area contributed by atoms with Gasteiger partial charge in [0.15, 0.2) is 6.10 Å². The molecular formula is C20H21NO4. The molecule has 1 unspecified atom stereocenters. The van der Waals surface area contributed by atoms with Gasteiger partial charge >= 0.3 is 5.97 Å². The lowest BCUT2D eigenvalue weighted by molar-refractivity contribution is -0.166. The molecule has 1 aliphatic rings. The number of hydrogen-bond acceptors (Lipinski definition) is 3. The van der Waals surface area contributed by atoms with Gasteiger partial charge in [0, 0.05) is 6.54 Å². The molecule has 0 aromatic heterocycles. The van der Waals surface area contributed by atoms with Crippen LogP contribution in [0.5, 0.6) is 0 Å². The molecular weight excluding hydrogens is 318 g/mol. The molecule has 1 N–H and O–H groups in total. The molecule has 0 aliphatic carbocycles. The third kappa shape index (κ3) is 4.25. The molecule has 1 fully saturated rings. The number of hydrogen-bond donors (Lipinski definition) is 1. The summed E-state index contributed by atoms with van der Waals surface area (Å²) in [5, 5.41) is 9.12. The number of morpholine rings is 1. The van der Waals surface area contributed by atoms with Crippen molar-refractivity contribution in [3.63, 3.8) is 0 Å². The maximum absolute atomic E-state index is 12.5. The van der Waals surface area contributed by atoms with Crippen molar-refractivity contribution in [3.05, 3.63) is 60.2 Å². The second-order valence-electron chi connectivity index (χ2n) is 6.31. The first kappa shape index (κ1) is 17.2. The van der Waals surface area contributed by atoms with E-state index in [9.17, 15) is 9.59 Å². The Balaban J connectivity index is 1.65. The number of rotatable bonds is 4. The molecule has 0 radical (unpaired) electrons. The monoisotopic (exact) mass is 339 g/mol. The van der Waals surface area contributed by atoms with E-state index in [1.165, 1.54) is 0 Å². The average molecular weight is 339 g/mol. The number of ether oxygens (including phenoxy) is 1. The highest BCUT2D eigenvalue weighted by Gasteiger charge is 2.32. The van der Waals surface area contributed by atoms with Gasteiger partial charge in [-0.3, -0.25) is 4.79 Å². The minimum atomic E-state index is -1.03. The Morgan fingerprint density at radius 2 is 1.68 bits per heavy atom. The van der Waals surface area contributed by atoms with Crippen LogP contribution in [-0.2, 0) is 20.7 Å². The van der Waals surface area contributed by atoms with E-state index in [1.54, 1.807) is 11.8 Å². The molecule has 1 heterocycles. The van der Waals surface area contributed by atoms with Gasteiger partial charge in [-0.25, -0.2) is 4.79 Å². The Hall–Kier alpha value is -2.66. The lowest BCUT2D eigenvalue weighted by atomic mass is 10.0. The van der Waals surface area contributed by atoms with E-state index in [-0.39, 0.29) is 25.0 Å². The Bertz CT molecular complexity index is 742. The van der Waals surface area contributed by atoms with Crippen LogP contribution < -0.4 is 0 Å². The molecule has 2 aromatic rings. The number of aliphatic carboxylic acids is 1. The van der Waals surface area contributed by atoms with Crippen molar-refractivity contribution in [2.24, 2.45) is 0 Å². The van der Waals surface area contributed by atoms with E-state index in [4.69, 9.17) is 9.84 Å². The van der Waals surface area contributed by atoms with E-state index in [0.29, 0.717) is 6.54 Å². The van der Waals surface area contributed by atoms with E-state index in [1.807, 2.05) is 54.6 Å². The van der Waals surface area contributed by atoms with Crippen LogP contribution in [0.25, 0.3) is 11.1 Å². The normalized spacial score (nSPS) is 20.3. The topological polar surface area (TPSA) is 66.8 Å². The first-order valence-electron chi connectivity index (χ1n) is 8.33. The summed E-state index contributed by atoms with van der Waals surface area (Å²) in [5.41, 5.74) is 3.14. The third-order valence-corrected chi connectivity index (χ3v) is 4.30. The van der Waals surface area contributed by atoms with Gasteiger partial charge in [-0.05, 0) is 23.6 Å². The Kier molecular flexibility index (Phi) is 5.14. The minimum Gasteiger partial charge on any atom is -0.479 e. The van der Waals surface area contributed by atoms with Gasteiger partial charge in [-0.15, -0.1) is 0 Å². The molecule has 1 aliphatic heterocycles. The fraction of sp³-hybridized carbons (Fsp3) is 0.300. The van der Waals surface area contributed by atoms with Gasteiger partial charge in [0.05, 0.1) is 19.1 Å². The number of carboxylic acid groups (broad SMARTS) is 1. The van der Waals surface area contributed by atoms with Crippen LogP contribution in [0.3, 0.4) is 0 Å². The van der Waals surface area contributed by atoms with Crippen molar-refractivity contribution < 1.29 is 19.4 Å². The first-order chi connectivity index (χ1) is 12.0. The highest BCUT2D eigenvalue weighted by Crippen LogP contribution is 2.20. The van der Waals surface area contributed by atoms with E-state index in [0.717, 1.165) is 16.7 Å². The first-order valence-corrected chi connectivity index (χ1v) is 8.33. The number of carbonyl (C=O) groups is 2. The average Bonchev–Trinajstić information content (AvgIpc) is 2.62. The molecule has 5 nitrogen and oxygen atoms in total. The highest BCUT2D eigenvalue weighted by atomic mass is 16.5. The summed E-state index contributed by atoms with van der Waals surface area (Å²) in [4.78, 5) is 25.2. The lowest BCUT2D eigenvalue weighted by Crippen LogP contribution is -2.52. The van der Waals surface area contributed by atoms with Crippen LogP contribution >= 0.6 is 0 Å². The summed E-state index contributed by atoms with van der Waals surface area (Å²) in [6, 6.07) is 17.9. The second kappa shape index (κ2) is 7.49. The van der Waals surface area contributed by atoms with Crippen molar-refractivity contribution in [2.45, 2.75) is 25.6 Å². The Morgan fingerprint density at radius 1 is 1.04 bits per heavy atom. The molecule has 0 bridgehead atoms. The van der Waals surface area contributed by atoms with Crippen LogP contribution in [0.4, 0.5) is 0 Å². The van der Waals surface area contributed by atoms with Gasteiger partial charge in [0.1, 0.15) is 0 Å². The van der Waals surface area contributed by atoms with Crippen molar-refractivity contribution in [3.8, 4) is 11.1 Å². The summed E-state index contributed by atoms with van der Waals surface area (Å²) in [7, 11) is 0. The second-order valence-corrected chi connectivity index (χ2v) is 6.31. The van der Waals surface area contributed by atoms with Crippen LogP contribution in [0.15, 0.2) is 54.6 Å². The van der Waals surface area contributed by atoms with Gasteiger partial charge in [0.25, 0.3) is 0 Å². The zero-order valence-corrected chi connectivity index (χ0v) is 14.1. The lowest BCUT2D eigenvalue weighted by Gasteiger charge is -2.35. The molecule has 25 heavy (non-hydrogen) atoms. The summed E-state index contributed by atoms with van der Waals surface area (Å²) < 4.78 is 5.35. The number of amides is 1. The van der Waals surface area contributed by atoms with E-state index < -0.39 is 12.1 Å². The Labute approximate surface area is 146 Å². The molecule has 0 saturated carbocycles. The maximum atomic E-state index is 12.5. The van der Waals surface area contributed by atoms with Crippen LogP contribution in [-0.4, -0.2) is 47.2 Å². The van der Waals surface area contributed by atoms with Crippen LogP contribution in [0.1, 0.15) is 12.5 Å². The van der Waals surface area contributed by atoms with Gasteiger partial charge in [-0.1, -0.05) is 54.6 Å². The fourth-order valence-corrected chi connectivity index (χ4v) is 3.02. The fourth-order valence-electron chi connectivity index (χ4n) is 3.02. The molecule has 2 aromatic carbocycles. The molecule has 0 spiro atoms. The number of nitrogens with zero attached hydrogens (tertiary/aromatic N) is 1. The van der Waals surface area contributed by atoms with Crippen molar-refractivity contribution in [1.82, 2.24) is 4.90 Å². The van der Waals surface area contributed by atoms with Gasteiger partial charge in [0.2, 0.25) is 5.91 Å². The van der Waals surface area contributed by atoms with E-state index in [2.05, 4.69) is 0 Å². The minimum absolute atomic E-state index is 0.0751. The largest absolute Gasteiger partial charge is 0.479 e. The Morgan fingerprint density at radius 3 is 2.32 bits per heavy atom. The van der Waals surface area contributed by atoms with Crippen molar-refractivity contribution in [1.29, 1.82) is 0 Å². The molecule has 130 valence electrons. The molecule has 2 atom stereocenters. The highest BCUT2D eigenvalue weighted by molar-refractivity contribution is 5.81. The zero-order chi connectivity index (χ0) is 17.8.